The molecule has 0 amide bonds. The molecule has 0 saturated heterocycles. The topological polar surface area (TPSA) is 58.3 Å². The smallest absolute Gasteiger partial charge is 0.0963 e. The standard InChI is InChI=1S/C16H20N2O/c1-11-7-8-13(9-14(11)17)16(19)10-18-15-6-4-3-5-12(15)2/h3-9,16,18-19H,10,17H2,1-2H3. The maximum absolute atomic E-state index is 10.2. The molecule has 100 valence electrons. The predicted molar refractivity (Wildman–Crippen MR) is 80.2 cm³/mol. The first-order valence-electron chi connectivity index (χ1n) is 6.41. The van der Waals surface area contributed by atoms with Gasteiger partial charge in [-0.15, -0.1) is 0 Å². The van der Waals surface area contributed by atoms with Crippen molar-refractivity contribution < 1.29 is 5.11 Å². The van der Waals surface area contributed by atoms with E-state index in [-0.39, 0.29) is 0 Å². The molecule has 2 aromatic carbocycles. The minimum absolute atomic E-state index is 0.466. The van der Waals surface area contributed by atoms with Gasteiger partial charge in [-0.1, -0.05) is 30.3 Å². The molecule has 2 rings (SSSR count). The third-order valence-electron chi connectivity index (χ3n) is 3.32. The van der Waals surface area contributed by atoms with Gasteiger partial charge in [0.05, 0.1) is 6.10 Å². The third kappa shape index (κ3) is 3.26. The van der Waals surface area contributed by atoms with Crippen molar-refractivity contribution in [1.29, 1.82) is 0 Å². The van der Waals surface area contributed by atoms with E-state index >= 15 is 0 Å². The Morgan fingerprint density at radius 1 is 1.11 bits per heavy atom. The number of hydrogen-bond acceptors (Lipinski definition) is 3. The van der Waals surface area contributed by atoms with Crippen LogP contribution in [0.15, 0.2) is 42.5 Å². The zero-order valence-electron chi connectivity index (χ0n) is 11.4. The molecule has 0 aliphatic carbocycles. The average Bonchev–Trinajstić information content (AvgIpc) is 2.40. The zero-order valence-corrected chi connectivity index (χ0v) is 11.4. The van der Waals surface area contributed by atoms with Gasteiger partial charge in [-0.05, 0) is 42.7 Å². The van der Waals surface area contributed by atoms with Gasteiger partial charge in [0, 0.05) is 17.9 Å². The lowest BCUT2D eigenvalue weighted by atomic mass is 10.1. The highest BCUT2D eigenvalue weighted by Crippen LogP contribution is 2.20. The fourth-order valence-corrected chi connectivity index (χ4v) is 1.96. The second-order valence-corrected chi connectivity index (χ2v) is 4.83. The summed E-state index contributed by atoms with van der Waals surface area (Å²) in [5.41, 5.74) is 10.6. The summed E-state index contributed by atoms with van der Waals surface area (Å²) >= 11 is 0. The van der Waals surface area contributed by atoms with Crippen LogP contribution in [0.5, 0.6) is 0 Å². The number of rotatable bonds is 4. The summed E-state index contributed by atoms with van der Waals surface area (Å²) in [6, 6.07) is 13.7. The van der Waals surface area contributed by atoms with Gasteiger partial charge in [-0.3, -0.25) is 0 Å². The van der Waals surface area contributed by atoms with Gasteiger partial charge < -0.3 is 16.2 Å². The van der Waals surface area contributed by atoms with Crippen LogP contribution in [-0.2, 0) is 0 Å². The summed E-state index contributed by atoms with van der Waals surface area (Å²) in [7, 11) is 0. The largest absolute Gasteiger partial charge is 0.399 e. The lowest BCUT2D eigenvalue weighted by Crippen LogP contribution is -2.13. The lowest BCUT2D eigenvalue weighted by Gasteiger charge is -2.15. The Kier molecular flexibility index (Phi) is 4.07. The van der Waals surface area contributed by atoms with E-state index in [4.69, 9.17) is 5.73 Å². The molecule has 3 heteroatoms. The summed E-state index contributed by atoms with van der Waals surface area (Å²) < 4.78 is 0. The fraction of sp³-hybridized carbons (Fsp3) is 0.250. The van der Waals surface area contributed by atoms with E-state index in [0.717, 1.165) is 22.4 Å². The van der Waals surface area contributed by atoms with Crippen LogP contribution in [0.3, 0.4) is 0 Å². The van der Waals surface area contributed by atoms with Crippen molar-refractivity contribution >= 4 is 11.4 Å². The van der Waals surface area contributed by atoms with Crippen LogP contribution in [0.2, 0.25) is 0 Å². The van der Waals surface area contributed by atoms with Crippen LogP contribution in [0.1, 0.15) is 22.8 Å². The molecule has 0 fully saturated rings. The molecule has 0 aliphatic heterocycles. The molecular formula is C16H20N2O. The van der Waals surface area contributed by atoms with Crippen molar-refractivity contribution in [1.82, 2.24) is 0 Å². The summed E-state index contributed by atoms with van der Waals surface area (Å²) in [4.78, 5) is 0. The number of aryl methyl sites for hydroxylation is 2. The zero-order chi connectivity index (χ0) is 13.8. The average molecular weight is 256 g/mol. The molecule has 0 bridgehead atoms. The first kappa shape index (κ1) is 13.4. The molecule has 3 nitrogen and oxygen atoms in total. The predicted octanol–water partition coefficient (Wildman–Crippen LogP) is 3.03. The van der Waals surface area contributed by atoms with E-state index in [1.54, 1.807) is 0 Å². The molecule has 4 N–H and O–H groups in total. The first-order chi connectivity index (χ1) is 9.08. The van der Waals surface area contributed by atoms with Crippen LogP contribution in [0.4, 0.5) is 11.4 Å². The van der Waals surface area contributed by atoms with E-state index in [9.17, 15) is 5.11 Å². The highest BCUT2D eigenvalue weighted by atomic mass is 16.3. The van der Waals surface area contributed by atoms with Crippen LogP contribution >= 0.6 is 0 Å². The number of nitrogens with two attached hydrogens (primary N) is 1. The minimum Gasteiger partial charge on any atom is -0.399 e. The van der Waals surface area contributed by atoms with Gasteiger partial charge in [0.15, 0.2) is 0 Å². The van der Waals surface area contributed by atoms with Crippen molar-refractivity contribution in [3.05, 3.63) is 59.2 Å². The normalized spacial score (nSPS) is 12.2. The van der Waals surface area contributed by atoms with Gasteiger partial charge in [0.25, 0.3) is 0 Å². The maximum atomic E-state index is 10.2. The molecule has 0 spiro atoms. The molecule has 19 heavy (non-hydrogen) atoms. The van der Waals surface area contributed by atoms with Gasteiger partial charge in [-0.2, -0.15) is 0 Å². The van der Waals surface area contributed by atoms with Crippen LogP contribution in [-0.4, -0.2) is 11.7 Å². The van der Waals surface area contributed by atoms with Gasteiger partial charge in [0.1, 0.15) is 0 Å². The van der Waals surface area contributed by atoms with Crippen LogP contribution in [0, 0.1) is 13.8 Å². The third-order valence-corrected chi connectivity index (χ3v) is 3.32. The lowest BCUT2D eigenvalue weighted by molar-refractivity contribution is 0.191. The highest BCUT2D eigenvalue weighted by Gasteiger charge is 2.09. The van der Waals surface area contributed by atoms with Crippen molar-refractivity contribution in [3.63, 3.8) is 0 Å². The second-order valence-electron chi connectivity index (χ2n) is 4.83. The Labute approximate surface area is 114 Å². The number of anilines is 2. The van der Waals surface area contributed by atoms with E-state index in [1.807, 2.05) is 56.3 Å². The number of nitrogen functional groups attached to an aromatic ring is 1. The summed E-state index contributed by atoms with van der Waals surface area (Å²) in [5.74, 6) is 0. The number of nitrogens with one attached hydrogen (secondary N) is 1. The first-order valence-corrected chi connectivity index (χ1v) is 6.41. The fourth-order valence-electron chi connectivity index (χ4n) is 1.96. The number of hydrogen-bond donors (Lipinski definition) is 3. The molecule has 0 heterocycles. The molecule has 1 atom stereocenters. The Morgan fingerprint density at radius 3 is 2.53 bits per heavy atom. The van der Waals surface area contributed by atoms with Crippen LogP contribution < -0.4 is 11.1 Å². The monoisotopic (exact) mass is 256 g/mol. The molecule has 0 aromatic heterocycles. The van der Waals surface area contributed by atoms with E-state index in [1.165, 1.54) is 0 Å². The Balaban J connectivity index is 2.03. The molecule has 1 unspecified atom stereocenters. The van der Waals surface area contributed by atoms with Crippen molar-refractivity contribution in [2.24, 2.45) is 0 Å². The van der Waals surface area contributed by atoms with Gasteiger partial charge in [0.2, 0.25) is 0 Å². The number of benzene rings is 2. The Morgan fingerprint density at radius 2 is 1.84 bits per heavy atom. The SMILES string of the molecule is Cc1ccc(C(O)CNc2ccccc2C)cc1N. The summed E-state index contributed by atoms with van der Waals surface area (Å²) in [6.07, 6.45) is -0.567. The molecule has 0 aliphatic rings. The summed E-state index contributed by atoms with van der Waals surface area (Å²) in [5, 5.41) is 13.4. The molecule has 0 saturated carbocycles. The highest BCUT2D eigenvalue weighted by molar-refractivity contribution is 5.51. The minimum atomic E-state index is -0.567. The maximum Gasteiger partial charge on any atom is 0.0963 e. The molecular weight excluding hydrogens is 236 g/mol. The number of aliphatic hydroxyl groups is 1. The molecule has 2 aromatic rings. The van der Waals surface area contributed by atoms with Crippen molar-refractivity contribution in [2.75, 3.05) is 17.6 Å². The number of aliphatic hydroxyl groups excluding tert-OH is 1. The van der Waals surface area contributed by atoms with Crippen molar-refractivity contribution in [3.8, 4) is 0 Å². The van der Waals surface area contributed by atoms with Gasteiger partial charge >= 0.3 is 0 Å². The van der Waals surface area contributed by atoms with E-state index < -0.39 is 6.10 Å². The quantitative estimate of drug-likeness (QED) is 0.737. The Hall–Kier alpha value is -2.00. The van der Waals surface area contributed by atoms with Crippen molar-refractivity contribution in [2.45, 2.75) is 20.0 Å². The summed E-state index contributed by atoms with van der Waals surface area (Å²) in [6.45, 7) is 4.46. The van der Waals surface area contributed by atoms with Gasteiger partial charge in [-0.25, -0.2) is 0 Å². The second kappa shape index (κ2) is 5.76. The number of para-hydroxylation sites is 1. The Bertz CT molecular complexity index is 566. The van der Waals surface area contributed by atoms with E-state index in [0.29, 0.717) is 12.2 Å². The molecule has 0 radical (unpaired) electrons. The van der Waals surface area contributed by atoms with E-state index in [2.05, 4.69) is 5.32 Å². The van der Waals surface area contributed by atoms with Crippen LogP contribution in [0.25, 0.3) is 0 Å².